The molecule has 1 saturated carbocycles. The first-order valence-corrected chi connectivity index (χ1v) is 7.68. The first-order chi connectivity index (χ1) is 10.0. The summed E-state index contributed by atoms with van der Waals surface area (Å²) in [4.78, 5) is 8.43. The highest BCUT2D eigenvalue weighted by Gasteiger charge is 2.23. The molecule has 8 heteroatoms. The Balaban J connectivity index is 1.85. The molecule has 0 aromatic carbocycles. The molecule has 112 valence electrons. The van der Waals surface area contributed by atoms with Crippen molar-refractivity contribution in [3.63, 3.8) is 0 Å². The van der Waals surface area contributed by atoms with E-state index in [1.54, 1.807) is 6.07 Å². The monoisotopic (exact) mass is 305 g/mol. The molecular formula is C13H19N7S. The van der Waals surface area contributed by atoms with Crippen molar-refractivity contribution in [2.45, 2.75) is 42.5 Å². The van der Waals surface area contributed by atoms with Gasteiger partial charge in [-0.1, -0.05) is 0 Å². The Labute approximate surface area is 127 Å². The molecule has 2 aromatic heterocycles. The number of aromatic nitrogens is 4. The van der Waals surface area contributed by atoms with Crippen LogP contribution in [0.2, 0.25) is 0 Å². The van der Waals surface area contributed by atoms with Crippen molar-refractivity contribution in [1.29, 1.82) is 0 Å². The molecule has 0 amide bonds. The third kappa shape index (κ3) is 3.27. The summed E-state index contributed by atoms with van der Waals surface area (Å²) in [5, 5.41) is 9.57. The van der Waals surface area contributed by atoms with Crippen LogP contribution in [0.5, 0.6) is 0 Å². The smallest absolute Gasteiger partial charge is 0.197 e. The van der Waals surface area contributed by atoms with Crippen LogP contribution in [0.3, 0.4) is 0 Å². The minimum atomic E-state index is 0.376. The van der Waals surface area contributed by atoms with Crippen LogP contribution in [0.1, 0.15) is 24.1 Å². The van der Waals surface area contributed by atoms with Crippen LogP contribution in [-0.2, 0) is 13.6 Å². The third-order valence-electron chi connectivity index (χ3n) is 3.37. The molecule has 0 aliphatic heterocycles. The Morgan fingerprint density at radius 3 is 2.62 bits per heavy atom. The van der Waals surface area contributed by atoms with Crippen molar-refractivity contribution in [1.82, 2.24) is 25.1 Å². The molecule has 3 rings (SSSR count). The maximum absolute atomic E-state index is 5.72. The fourth-order valence-corrected chi connectivity index (χ4v) is 3.13. The van der Waals surface area contributed by atoms with Crippen LogP contribution in [0.25, 0.3) is 0 Å². The van der Waals surface area contributed by atoms with Gasteiger partial charge in [0.2, 0.25) is 0 Å². The van der Waals surface area contributed by atoms with Gasteiger partial charge in [-0.3, -0.25) is 4.68 Å². The molecule has 0 bridgehead atoms. The van der Waals surface area contributed by atoms with Crippen molar-refractivity contribution >= 4 is 23.4 Å². The number of hydrogen-bond donors (Lipinski definition) is 3. The fourth-order valence-electron chi connectivity index (χ4n) is 2.14. The number of hydrogen-bond acceptors (Lipinski definition) is 7. The second kappa shape index (κ2) is 5.53. The minimum absolute atomic E-state index is 0.376. The van der Waals surface area contributed by atoms with Gasteiger partial charge in [0.25, 0.3) is 0 Å². The van der Waals surface area contributed by atoms with Gasteiger partial charge in [0.15, 0.2) is 5.16 Å². The normalized spacial score (nSPS) is 14.6. The first-order valence-electron chi connectivity index (χ1n) is 6.86. The Bertz CT molecular complexity index is 643. The van der Waals surface area contributed by atoms with Crippen LogP contribution < -0.4 is 16.8 Å². The van der Waals surface area contributed by atoms with E-state index in [0.717, 1.165) is 17.3 Å². The molecule has 0 spiro atoms. The molecule has 5 N–H and O–H groups in total. The predicted octanol–water partition coefficient (Wildman–Crippen LogP) is 1.09. The largest absolute Gasteiger partial charge is 0.383 e. The quantitative estimate of drug-likeness (QED) is 0.709. The predicted molar refractivity (Wildman–Crippen MR) is 82.8 cm³/mol. The number of nitrogens with zero attached hydrogens (tertiary/aromatic N) is 4. The summed E-state index contributed by atoms with van der Waals surface area (Å²) in [7, 11) is 1.92. The highest BCUT2D eigenvalue weighted by atomic mass is 32.2. The molecule has 1 aliphatic carbocycles. The molecule has 21 heavy (non-hydrogen) atoms. The number of nitrogens with two attached hydrogens (primary N) is 2. The average molecular weight is 305 g/mol. The highest BCUT2D eigenvalue weighted by molar-refractivity contribution is 7.99. The van der Waals surface area contributed by atoms with Crippen LogP contribution in [0.4, 0.5) is 11.6 Å². The zero-order chi connectivity index (χ0) is 15.0. The molecule has 0 saturated heterocycles. The van der Waals surface area contributed by atoms with Crippen LogP contribution in [0.15, 0.2) is 16.2 Å². The lowest BCUT2D eigenvalue weighted by atomic mass is 10.2. The van der Waals surface area contributed by atoms with E-state index in [4.69, 9.17) is 11.5 Å². The Morgan fingerprint density at radius 1 is 1.33 bits per heavy atom. The van der Waals surface area contributed by atoms with Crippen molar-refractivity contribution in [2.24, 2.45) is 7.05 Å². The summed E-state index contributed by atoms with van der Waals surface area (Å²) in [6.07, 6.45) is 2.52. The molecule has 2 heterocycles. The maximum Gasteiger partial charge on any atom is 0.197 e. The summed E-state index contributed by atoms with van der Waals surface area (Å²) >= 11 is 1.44. The van der Waals surface area contributed by atoms with Crippen LogP contribution >= 0.6 is 11.8 Å². The summed E-state index contributed by atoms with van der Waals surface area (Å²) in [6.45, 7) is 2.83. The van der Waals surface area contributed by atoms with Crippen molar-refractivity contribution in [2.75, 3.05) is 11.5 Å². The van der Waals surface area contributed by atoms with Crippen molar-refractivity contribution in [3.05, 3.63) is 17.3 Å². The Kier molecular flexibility index (Phi) is 3.73. The molecule has 1 fully saturated rings. The SMILES string of the molecule is Cc1nn(C)c(Sc2nc(N)cc(N)n2)c1CNC1CC1. The van der Waals surface area contributed by atoms with Crippen LogP contribution in [0, 0.1) is 6.92 Å². The van der Waals surface area contributed by atoms with Gasteiger partial charge in [0.1, 0.15) is 16.7 Å². The van der Waals surface area contributed by atoms with E-state index in [2.05, 4.69) is 20.4 Å². The van der Waals surface area contributed by atoms with Gasteiger partial charge in [-0.15, -0.1) is 0 Å². The molecule has 1 aliphatic rings. The highest BCUT2D eigenvalue weighted by Crippen LogP contribution is 2.31. The molecule has 0 atom stereocenters. The lowest BCUT2D eigenvalue weighted by molar-refractivity contribution is 0.657. The molecule has 7 nitrogen and oxygen atoms in total. The van der Waals surface area contributed by atoms with E-state index in [1.165, 1.54) is 30.2 Å². The van der Waals surface area contributed by atoms with E-state index in [-0.39, 0.29) is 0 Å². The van der Waals surface area contributed by atoms with Gasteiger partial charge in [-0.05, 0) is 31.5 Å². The van der Waals surface area contributed by atoms with E-state index in [0.29, 0.717) is 22.8 Å². The van der Waals surface area contributed by atoms with E-state index >= 15 is 0 Å². The van der Waals surface area contributed by atoms with Gasteiger partial charge in [0, 0.05) is 31.3 Å². The third-order valence-corrected chi connectivity index (χ3v) is 4.44. The topological polar surface area (TPSA) is 108 Å². The second-order valence-corrected chi connectivity index (χ2v) is 6.21. The van der Waals surface area contributed by atoms with E-state index in [1.807, 2.05) is 18.7 Å². The zero-order valence-corrected chi connectivity index (χ0v) is 12.9. The molecule has 2 aromatic rings. The van der Waals surface area contributed by atoms with Gasteiger partial charge in [-0.25, -0.2) is 9.97 Å². The number of nitrogens with one attached hydrogen (secondary N) is 1. The van der Waals surface area contributed by atoms with Crippen LogP contribution in [-0.4, -0.2) is 25.8 Å². The lowest BCUT2D eigenvalue weighted by Crippen LogP contribution is -2.16. The Morgan fingerprint density at radius 2 is 2.00 bits per heavy atom. The number of aryl methyl sites for hydroxylation is 2. The maximum atomic E-state index is 5.72. The molecule has 0 radical (unpaired) electrons. The van der Waals surface area contributed by atoms with Gasteiger partial charge < -0.3 is 16.8 Å². The lowest BCUT2D eigenvalue weighted by Gasteiger charge is -2.07. The fraction of sp³-hybridized carbons (Fsp3) is 0.462. The molecular weight excluding hydrogens is 286 g/mol. The van der Waals surface area contributed by atoms with Gasteiger partial charge in [-0.2, -0.15) is 5.10 Å². The summed E-state index contributed by atoms with van der Waals surface area (Å²) in [6, 6.07) is 2.20. The number of rotatable bonds is 5. The molecule has 0 unspecified atom stereocenters. The number of nitrogen functional groups attached to an aromatic ring is 2. The second-order valence-electron chi connectivity index (χ2n) is 5.25. The Hall–Kier alpha value is -1.80. The van der Waals surface area contributed by atoms with Gasteiger partial charge in [0.05, 0.1) is 5.69 Å². The summed E-state index contributed by atoms with van der Waals surface area (Å²) in [5.74, 6) is 0.753. The van der Waals surface area contributed by atoms with E-state index in [9.17, 15) is 0 Å². The average Bonchev–Trinajstić information content (AvgIpc) is 3.16. The standard InChI is InChI=1S/C13H19N7S/c1-7-9(6-16-8-3-4-8)12(20(2)19-7)21-13-17-10(14)5-11(15)18-13/h5,8,16H,3-4,6H2,1-2H3,(H4,14,15,17,18). The summed E-state index contributed by atoms with van der Waals surface area (Å²) in [5.41, 5.74) is 13.6. The minimum Gasteiger partial charge on any atom is -0.383 e. The first kappa shape index (κ1) is 14.2. The number of anilines is 2. The van der Waals surface area contributed by atoms with Crippen molar-refractivity contribution < 1.29 is 0 Å². The van der Waals surface area contributed by atoms with Gasteiger partial charge >= 0.3 is 0 Å². The van der Waals surface area contributed by atoms with E-state index < -0.39 is 0 Å². The zero-order valence-electron chi connectivity index (χ0n) is 12.1. The van der Waals surface area contributed by atoms with Crippen molar-refractivity contribution in [3.8, 4) is 0 Å². The summed E-state index contributed by atoms with van der Waals surface area (Å²) < 4.78 is 1.85.